The first-order valence-corrected chi connectivity index (χ1v) is 5.76. The normalized spacial score (nSPS) is 21.6. The van der Waals surface area contributed by atoms with Gasteiger partial charge >= 0.3 is 0 Å². The lowest BCUT2D eigenvalue weighted by molar-refractivity contribution is -0.226. The zero-order valence-electron chi connectivity index (χ0n) is 11.5. The van der Waals surface area contributed by atoms with E-state index in [0.29, 0.717) is 0 Å². The van der Waals surface area contributed by atoms with Crippen LogP contribution in [-0.4, -0.2) is 91.8 Å². The molecule has 96 valence electrons. The van der Waals surface area contributed by atoms with Gasteiger partial charge in [-0.1, -0.05) is 6.92 Å². The number of rotatable bonds is 4. The molecule has 0 aromatic heterocycles. The zero-order chi connectivity index (χ0) is 12.3. The zero-order valence-corrected chi connectivity index (χ0v) is 11.5. The summed E-state index contributed by atoms with van der Waals surface area (Å²) in [5, 5.41) is 13.5. The molecule has 0 amide bonds. The van der Waals surface area contributed by atoms with E-state index >= 15 is 0 Å². The summed E-state index contributed by atoms with van der Waals surface area (Å²) in [7, 11) is 10.5. The summed E-state index contributed by atoms with van der Waals surface area (Å²) in [5.41, 5.74) is 0. The predicted octanol–water partition coefficient (Wildman–Crippen LogP) is -0.402. The van der Waals surface area contributed by atoms with E-state index in [-0.39, 0.29) is 0 Å². The second-order valence-corrected chi connectivity index (χ2v) is 4.61. The summed E-state index contributed by atoms with van der Waals surface area (Å²) < 4.78 is 0. The lowest BCUT2D eigenvalue weighted by Gasteiger charge is -2.48. The summed E-state index contributed by atoms with van der Waals surface area (Å²) in [6.45, 7) is 6.04. The molecule has 6 nitrogen and oxygen atoms in total. The number of hydrazine groups is 3. The fourth-order valence-corrected chi connectivity index (χ4v) is 1.62. The Morgan fingerprint density at radius 2 is 1.12 bits per heavy atom. The SMILES string of the molecule is CCN(C)N1CN(N(C)C)CN(N(C)C)C1. The van der Waals surface area contributed by atoms with Crippen LogP contribution in [0.2, 0.25) is 0 Å². The molecule has 1 fully saturated rings. The van der Waals surface area contributed by atoms with Crippen molar-refractivity contribution in [3.63, 3.8) is 0 Å². The van der Waals surface area contributed by atoms with Gasteiger partial charge in [0.25, 0.3) is 0 Å². The van der Waals surface area contributed by atoms with Crippen molar-refractivity contribution in [3.8, 4) is 0 Å². The van der Waals surface area contributed by atoms with E-state index in [1.54, 1.807) is 0 Å². The molecule has 0 atom stereocenters. The van der Waals surface area contributed by atoms with Crippen LogP contribution in [0.4, 0.5) is 0 Å². The molecule has 0 N–H and O–H groups in total. The van der Waals surface area contributed by atoms with Crippen LogP contribution in [0.5, 0.6) is 0 Å². The fourth-order valence-electron chi connectivity index (χ4n) is 1.62. The summed E-state index contributed by atoms with van der Waals surface area (Å²) in [5.74, 6) is 0. The van der Waals surface area contributed by atoms with Crippen LogP contribution < -0.4 is 0 Å². The third kappa shape index (κ3) is 3.38. The summed E-state index contributed by atoms with van der Waals surface area (Å²) >= 11 is 0. The van der Waals surface area contributed by atoms with E-state index in [2.05, 4.69) is 72.2 Å². The van der Waals surface area contributed by atoms with Crippen LogP contribution >= 0.6 is 0 Å². The van der Waals surface area contributed by atoms with Gasteiger partial charge in [0.15, 0.2) is 0 Å². The van der Waals surface area contributed by atoms with Crippen molar-refractivity contribution in [1.29, 1.82) is 0 Å². The van der Waals surface area contributed by atoms with Crippen LogP contribution in [0.15, 0.2) is 0 Å². The molecule has 0 spiro atoms. The summed E-state index contributed by atoms with van der Waals surface area (Å²) in [6.07, 6.45) is 0. The molecular weight excluding hydrogens is 204 g/mol. The van der Waals surface area contributed by atoms with Crippen molar-refractivity contribution in [3.05, 3.63) is 0 Å². The van der Waals surface area contributed by atoms with E-state index in [9.17, 15) is 0 Å². The van der Waals surface area contributed by atoms with Gasteiger partial charge in [-0.25, -0.2) is 30.1 Å². The monoisotopic (exact) mass is 230 g/mol. The topological polar surface area (TPSA) is 19.4 Å². The Balaban J connectivity index is 2.66. The van der Waals surface area contributed by atoms with Crippen molar-refractivity contribution in [1.82, 2.24) is 30.1 Å². The first-order chi connectivity index (χ1) is 7.45. The van der Waals surface area contributed by atoms with Gasteiger partial charge in [0.1, 0.15) is 0 Å². The lowest BCUT2D eigenvalue weighted by atomic mass is 10.6. The molecule has 6 heteroatoms. The minimum atomic E-state index is 0.939. The van der Waals surface area contributed by atoms with Crippen LogP contribution in [-0.2, 0) is 0 Å². The highest BCUT2D eigenvalue weighted by molar-refractivity contribution is 4.62. The van der Waals surface area contributed by atoms with Gasteiger partial charge < -0.3 is 0 Å². The highest BCUT2D eigenvalue weighted by Crippen LogP contribution is 2.10. The Labute approximate surface area is 99.5 Å². The minimum Gasteiger partial charge on any atom is -0.245 e. The van der Waals surface area contributed by atoms with Gasteiger partial charge in [-0.3, -0.25) is 0 Å². The van der Waals surface area contributed by atoms with Crippen molar-refractivity contribution in [2.45, 2.75) is 6.92 Å². The van der Waals surface area contributed by atoms with Crippen LogP contribution in [0.25, 0.3) is 0 Å². The first-order valence-electron chi connectivity index (χ1n) is 5.76. The quantitative estimate of drug-likeness (QED) is 0.650. The van der Waals surface area contributed by atoms with Gasteiger partial charge in [0.2, 0.25) is 0 Å². The van der Waals surface area contributed by atoms with Gasteiger partial charge in [0.05, 0.1) is 20.0 Å². The molecule has 0 unspecified atom stereocenters. The van der Waals surface area contributed by atoms with Crippen LogP contribution in [0.1, 0.15) is 6.92 Å². The third-order valence-corrected chi connectivity index (χ3v) is 3.05. The molecule has 1 rings (SSSR count). The summed E-state index contributed by atoms with van der Waals surface area (Å²) in [6, 6.07) is 0. The Morgan fingerprint density at radius 3 is 1.44 bits per heavy atom. The average Bonchev–Trinajstić information content (AvgIpc) is 2.27. The largest absolute Gasteiger partial charge is 0.245 e. The van der Waals surface area contributed by atoms with Gasteiger partial charge in [-0.05, 0) is 0 Å². The van der Waals surface area contributed by atoms with E-state index in [1.807, 2.05) is 0 Å². The molecular formula is C10H26N6. The Bertz CT molecular complexity index is 191. The van der Waals surface area contributed by atoms with Crippen molar-refractivity contribution in [2.24, 2.45) is 0 Å². The Morgan fingerprint density at radius 1 is 0.750 bits per heavy atom. The smallest absolute Gasteiger partial charge is 0.0816 e. The molecule has 0 aliphatic carbocycles. The molecule has 0 aromatic rings. The minimum absolute atomic E-state index is 0.939. The maximum Gasteiger partial charge on any atom is 0.0816 e. The molecule has 0 saturated carbocycles. The first kappa shape index (κ1) is 13.8. The Kier molecular flexibility index (Phi) is 5.10. The van der Waals surface area contributed by atoms with Gasteiger partial charge in [0, 0.05) is 41.8 Å². The van der Waals surface area contributed by atoms with E-state index in [0.717, 1.165) is 26.6 Å². The van der Waals surface area contributed by atoms with Crippen molar-refractivity contribution >= 4 is 0 Å². The molecule has 16 heavy (non-hydrogen) atoms. The second kappa shape index (κ2) is 5.90. The van der Waals surface area contributed by atoms with Crippen LogP contribution in [0.3, 0.4) is 0 Å². The maximum atomic E-state index is 2.34. The standard InChI is InChI=1S/C10H26N6/c1-7-13(6)16-9-14(11(2)3)8-15(10-16)12(4)5/h7-10H2,1-6H3. The molecule has 0 bridgehead atoms. The van der Waals surface area contributed by atoms with Gasteiger partial charge in [-0.2, -0.15) is 0 Å². The van der Waals surface area contributed by atoms with Crippen molar-refractivity contribution < 1.29 is 0 Å². The van der Waals surface area contributed by atoms with E-state index < -0.39 is 0 Å². The molecule has 0 aromatic carbocycles. The molecule has 1 aliphatic rings. The third-order valence-electron chi connectivity index (χ3n) is 3.05. The Hall–Kier alpha value is -0.240. The van der Waals surface area contributed by atoms with E-state index in [1.165, 1.54) is 0 Å². The number of hydrogen-bond acceptors (Lipinski definition) is 6. The molecule has 1 saturated heterocycles. The highest BCUT2D eigenvalue weighted by atomic mass is 15.8. The fraction of sp³-hybridized carbons (Fsp3) is 1.00. The highest BCUT2D eigenvalue weighted by Gasteiger charge is 2.27. The summed E-state index contributed by atoms with van der Waals surface area (Å²) in [4.78, 5) is 0. The number of hydrogen-bond donors (Lipinski definition) is 0. The molecule has 1 heterocycles. The predicted molar refractivity (Wildman–Crippen MR) is 65.8 cm³/mol. The van der Waals surface area contributed by atoms with Crippen molar-refractivity contribution in [2.75, 3.05) is 61.8 Å². The van der Waals surface area contributed by atoms with E-state index in [4.69, 9.17) is 0 Å². The maximum absolute atomic E-state index is 2.34. The number of nitrogens with zero attached hydrogens (tertiary/aromatic N) is 6. The average molecular weight is 230 g/mol. The molecule has 0 radical (unpaired) electrons. The van der Waals surface area contributed by atoms with Crippen LogP contribution in [0, 0.1) is 0 Å². The lowest BCUT2D eigenvalue weighted by Crippen LogP contribution is -2.64. The second-order valence-electron chi connectivity index (χ2n) is 4.61. The molecule has 1 aliphatic heterocycles. The van der Waals surface area contributed by atoms with Gasteiger partial charge in [-0.15, -0.1) is 0 Å².